The Morgan fingerprint density at radius 1 is 1.47 bits per heavy atom. The molecular weight excluding hydrogens is 240 g/mol. The predicted octanol–water partition coefficient (Wildman–Crippen LogP) is 2.06. The molecule has 0 radical (unpaired) electrons. The highest BCUT2D eigenvalue weighted by Gasteiger charge is 2.18. The maximum absolute atomic E-state index is 5.99. The molecule has 0 saturated carbocycles. The number of hydrogen-bond acceptors (Lipinski definition) is 5. The van der Waals surface area contributed by atoms with Gasteiger partial charge in [-0.05, 0) is 26.0 Å². The average Bonchev–Trinajstić information content (AvgIpc) is 2.64. The molecule has 0 aromatic carbocycles. The molecule has 0 aliphatic rings. The van der Waals surface area contributed by atoms with Crippen LogP contribution in [0.2, 0.25) is 5.02 Å². The molecule has 2 N–H and O–H groups in total. The van der Waals surface area contributed by atoms with E-state index in [1.54, 1.807) is 18.3 Å². The van der Waals surface area contributed by atoms with Crippen LogP contribution in [0.3, 0.4) is 0 Å². The van der Waals surface area contributed by atoms with Gasteiger partial charge in [0.05, 0.1) is 5.02 Å². The van der Waals surface area contributed by atoms with Crippen molar-refractivity contribution in [3.05, 3.63) is 29.2 Å². The van der Waals surface area contributed by atoms with Gasteiger partial charge in [-0.1, -0.05) is 16.8 Å². The molecular formula is C11H13ClN4O. The molecule has 0 aliphatic heterocycles. The lowest BCUT2D eigenvalue weighted by Gasteiger charge is -2.14. The van der Waals surface area contributed by atoms with Crippen LogP contribution in [0.15, 0.2) is 22.9 Å². The Kier molecular flexibility index (Phi) is 3.13. The highest BCUT2D eigenvalue weighted by Crippen LogP contribution is 2.22. The van der Waals surface area contributed by atoms with Crippen LogP contribution >= 0.6 is 11.6 Å². The van der Waals surface area contributed by atoms with Crippen LogP contribution in [-0.4, -0.2) is 20.7 Å². The summed E-state index contributed by atoms with van der Waals surface area (Å²) in [6.45, 7) is 3.79. The molecule has 2 rings (SSSR count). The normalized spacial score (nSPS) is 11.8. The summed E-state index contributed by atoms with van der Waals surface area (Å²) < 4.78 is 5.11. The van der Waals surface area contributed by atoms with E-state index in [9.17, 15) is 0 Å². The number of aromatic nitrogens is 3. The standard InChI is InChI=1S/C11H13ClN4O/c1-11(2,13)6-8-15-10(16-17-8)9-7(12)4-3-5-14-9/h3-5H,6,13H2,1-2H3. The Bertz CT molecular complexity index is 518. The highest BCUT2D eigenvalue weighted by atomic mass is 35.5. The van der Waals surface area contributed by atoms with E-state index in [1.165, 1.54) is 0 Å². The molecule has 0 fully saturated rings. The molecule has 6 heteroatoms. The van der Waals surface area contributed by atoms with E-state index < -0.39 is 5.54 Å². The van der Waals surface area contributed by atoms with Crippen molar-refractivity contribution in [3.63, 3.8) is 0 Å². The summed E-state index contributed by atoms with van der Waals surface area (Å²) in [5.41, 5.74) is 6.00. The minimum Gasteiger partial charge on any atom is -0.339 e. The first-order valence-electron chi connectivity index (χ1n) is 5.18. The third-order valence-electron chi connectivity index (χ3n) is 2.05. The lowest BCUT2D eigenvalue weighted by atomic mass is 10.0. The minimum atomic E-state index is -0.391. The van der Waals surface area contributed by atoms with Gasteiger partial charge in [0.15, 0.2) is 0 Å². The van der Waals surface area contributed by atoms with Gasteiger partial charge in [0, 0.05) is 18.2 Å². The number of halogens is 1. The number of hydrogen-bond donors (Lipinski definition) is 1. The topological polar surface area (TPSA) is 77.8 Å². The zero-order valence-electron chi connectivity index (χ0n) is 9.64. The quantitative estimate of drug-likeness (QED) is 0.905. The number of nitrogens with zero attached hydrogens (tertiary/aromatic N) is 3. The maximum Gasteiger partial charge on any atom is 0.228 e. The summed E-state index contributed by atoms with van der Waals surface area (Å²) in [5.74, 6) is 0.865. The van der Waals surface area contributed by atoms with Gasteiger partial charge in [-0.2, -0.15) is 4.98 Å². The first kappa shape index (κ1) is 12.0. The minimum absolute atomic E-state index is 0.384. The summed E-state index contributed by atoms with van der Waals surface area (Å²) in [4.78, 5) is 8.33. The molecule has 2 aromatic rings. The highest BCUT2D eigenvalue weighted by molar-refractivity contribution is 6.32. The first-order valence-corrected chi connectivity index (χ1v) is 5.56. The van der Waals surface area contributed by atoms with Gasteiger partial charge in [-0.3, -0.25) is 4.98 Å². The van der Waals surface area contributed by atoms with E-state index >= 15 is 0 Å². The Labute approximate surface area is 104 Å². The van der Waals surface area contributed by atoms with Gasteiger partial charge >= 0.3 is 0 Å². The smallest absolute Gasteiger partial charge is 0.228 e. The van der Waals surface area contributed by atoms with E-state index in [-0.39, 0.29) is 0 Å². The SMILES string of the molecule is CC(C)(N)Cc1nc(-c2ncccc2Cl)no1. The van der Waals surface area contributed by atoms with Crippen LogP contribution in [0, 0.1) is 0 Å². The molecule has 0 aliphatic carbocycles. The molecule has 90 valence electrons. The van der Waals surface area contributed by atoms with Gasteiger partial charge in [-0.25, -0.2) is 0 Å². The van der Waals surface area contributed by atoms with Crippen LogP contribution in [-0.2, 0) is 6.42 Å². The van der Waals surface area contributed by atoms with Crippen LogP contribution < -0.4 is 5.73 Å². The maximum atomic E-state index is 5.99. The lowest BCUT2D eigenvalue weighted by Crippen LogP contribution is -2.34. The van der Waals surface area contributed by atoms with Crippen LogP contribution in [0.5, 0.6) is 0 Å². The fraction of sp³-hybridized carbons (Fsp3) is 0.364. The fourth-order valence-corrected chi connectivity index (χ4v) is 1.57. The molecule has 2 heterocycles. The lowest BCUT2D eigenvalue weighted by molar-refractivity contribution is 0.348. The number of nitrogens with two attached hydrogens (primary N) is 1. The molecule has 5 nitrogen and oxygen atoms in total. The second-order valence-electron chi connectivity index (χ2n) is 4.51. The monoisotopic (exact) mass is 252 g/mol. The fourth-order valence-electron chi connectivity index (χ4n) is 1.36. The van der Waals surface area contributed by atoms with Crippen molar-refractivity contribution in [2.24, 2.45) is 5.73 Å². The summed E-state index contributed by atoms with van der Waals surface area (Å²) in [7, 11) is 0. The van der Waals surface area contributed by atoms with E-state index in [2.05, 4.69) is 15.1 Å². The van der Waals surface area contributed by atoms with E-state index in [1.807, 2.05) is 13.8 Å². The molecule has 2 aromatic heterocycles. The van der Waals surface area contributed by atoms with Crippen molar-refractivity contribution in [3.8, 4) is 11.5 Å². The molecule has 0 unspecified atom stereocenters. The first-order chi connectivity index (χ1) is 7.96. The van der Waals surface area contributed by atoms with Gasteiger partial charge in [0.25, 0.3) is 0 Å². The van der Waals surface area contributed by atoms with Crippen molar-refractivity contribution in [2.75, 3.05) is 0 Å². The average molecular weight is 253 g/mol. The molecule has 0 spiro atoms. The van der Waals surface area contributed by atoms with Crippen molar-refractivity contribution in [1.29, 1.82) is 0 Å². The second-order valence-corrected chi connectivity index (χ2v) is 4.92. The summed E-state index contributed by atoms with van der Waals surface area (Å²) in [5, 5.41) is 4.34. The Morgan fingerprint density at radius 2 is 2.24 bits per heavy atom. The van der Waals surface area contributed by atoms with Crippen LogP contribution in [0.1, 0.15) is 19.7 Å². The third kappa shape index (κ3) is 3.01. The van der Waals surface area contributed by atoms with E-state index in [0.717, 1.165) is 0 Å². The molecule has 0 saturated heterocycles. The largest absolute Gasteiger partial charge is 0.339 e. The third-order valence-corrected chi connectivity index (χ3v) is 2.35. The van der Waals surface area contributed by atoms with Gasteiger partial charge < -0.3 is 10.3 Å². The molecule has 17 heavy (non-hydrogen) atoms. The summed E-state index contributed by atoms with van der Waals surface area (Å²) >= 11 is 5.99. The zero-order chi connectivity index (χ0) is 12.5. The summed E-state index contributed by atoms with van der Waals surface area (Å²) in [6.07, 6.45) is 2.13. The number of rotatable bonds is 3. The van der Waals surface area contributed by atoms with Gasteiger partial charge in [0.1, 0.15) is 5.69 Å². The predicted molar refractivity (Wildman–Crippen MR) is 64.5 cm³/mol. The Morgan fingerprint density at radius 3 is 2.88 bits per heavy atom. The number of pyridine rings is 1. The molecule has 0 bridgehead atoms. The zero-order valence-corrected chi connectivity index (χ0v) is 10.4. The Hall–Kier alpha value is -1.46. The second kappa shape index (κ2) is 4.43. The molecule has 0 amide bonds. The van der Waals surface area contributed by atoms with Crippen LogP contribution in [0.25, 0.3) is 11.5 Å². The summed E-state index contributed by atoms with van der Waals surface area (Å²) in [6, 6.07) is 3.47. The van der Waals surface area contributed by atoms with E-state index in [4.69, 9.17) is 21.9 Å². The van der Waals surface area contributed by atoms with Crippen molar-refractivity contribution in [2.45, 2.75) is 25.8 Å². The van der Waals surface area contributed by atoms with Crippen LogP contribution in [0.4, 0.5) is 0 Å². The van der Waals surface area contributed by atoms with Crippen molar-refractivity contribution in [1.82, 2.24) is 15.1 Å². The van der Waals surface area contributed by atoms with Crippen molar-refractivity contribution < 1.29 is 4.52 Å². The molecule has 0 atom stereocenters. The van der Waals surface area contributed by atoms with Crippen molar-refractivity contribution >= 4 is 11.6 Å². The van der Waals surface area contributed by atoms with E-state index in [0.29, 0.717) is 28.9 Å². The van der Waals surface area contributed by atoms with Gasteiger partial charge in [-0.15, -0.1) is 0 Å². The Balaban J connectivity index is 2.28. The van der Waals surface area contributed by atoms with Gasteiger partial charge in [0.2, 0.25) is 11.7 Å².